The molecule has 0 unspecified atom stereocenters. The number of hydrogen-bond acceptors (Lipinski definition) is 3. The fourth-order valence-corrected chi connectivity index (χ4v) is 0. The first kappa shape index (κ1) is 16.1. The summed E-state index contributed by atoms with van der Waals surface area (Å²) < 4.78 is 0. The molecule has 0 amide bonds. The van der Waals surface area contributed by atoms with E-state index in [0.717, 1.165) is 5.34 Å². The van der Waals surface area contributed by atoms with Gasteiger partial charge in [-0.15, -0.1) is 5.34 Å². The van der Waals surface area contributed by atoms with Crippen molar-refractivity contribution < 1.29 is 29.6 Å². The van der Waals surface area contributed by atoms with Crippen LogP contribution >= 0.6 is 0 Å². The van der Waals surface area contributed by atoms with Crippen LogP contribution in [0.25, 0.3) is 0 Å². The van der Waals surface area contributed by atoms with Crippen LogP contribution in [0.5, 0.6) is 0 Å². The Morgan fingerprint density at radius 3 is 1.60 bits per heavy atom. The quantitative estimate of drug-likeness (QED) is 0.178. The van der Waals surface area contributed by atoms with Gasteiger partial charge in [0.2, 0.25) is 0 Å². The van der Waals surface area contributed by atoms with Gasteiger partial charge in [-0.2, -0.15) is 0 Å². The summed E-state index contributed by atoms with van der Waals surface area (Å²) in [7, 11) is 0. The van der Waals surface area contributed by atoms with E-state index in [9.17, 15) is 0 Å². The Kier molecular flexibility index (Phi) is 58.6. The van der Waals surface area contributed by atoms with Crippen molar-refractivity contribution >= 4 is 29.6 Å². The van der Waals surface area contributed by atoms with Gasteiger partial charge in [0, 0.05) is 0 Å². The third kappa shape index (κ3) is 31.8. The van der Waals surface area contributed by atoms with Crippen LogP contribution in [0.1, 0.15) is 0 Å². The fourth-order valence-electron chi connectivity index (χ4n) is 0. The van der Waals surface area contributed by atoms with E-state index in [2.05, 4.69) is 0 Å². The van der Waals surface area contributed by atoms with E-state index in [4.69, 9.17) is 10.1 Å². The molecule has 0 atom stereocenters. The van der Waals surface area contributed by atoms with Crippen molar-refractivity contribution in [1.82, 2.24) is 0 Å². The molecule has 0 heterocycles. The van der Waals surface area contributed by atoms with Crippen molar-refractivity contribution in [2.24, 2.45) is 5.34 Å². The van der Waals surface area contributed by atoms with Gasteiger partial charge in [0.25, 0.3) is 0 Å². The molecular formula is HNNa2O2. The summed E-state index contributed by atoms with van der Waals surface area (Å²) in [5.41, 5.74) is 0. The van der Waals surface area contributed by atoms with Gasteiger partial charge in [0.15, 0.2) is 0 Å². The van der Waals surface area contributed by atoms with Crippen molar-refractivity contribution in [3.8, 4) is 0 Å². The molecule has 0 fully saturated rings. The Bertz CT molecular complexity index is 15.1. The van der Waals surface area contributed by atoms with E-state index in [0.29, 0.717) is 0 Å². The molecule has 0 N–H and O–H groups in total. The van der Waals surface area contributed by atoms with Crippen LogP contribution in [0, 0.1) is 10.1 Å². The summed E-state index contributed by atoms with van der Waals surface area (Å²) in [5, 5.41) is 9.00. The summed E-state index contributed by atoms with van der Waals surface area (Å²) in [6.07, 6.45) is 0. The molecule has 0 spiro atoms. The molecule has 0 bridgehead atoms. The second-order valence-electron chi connectivity index (χ2n) is 0.0745. The van der Waals surface area contributed by atoms with Crippen LogP contribution in [0.2, 0.25) is 0 Å². The van der Waals surface area contributed by atoms with Gasteiger partial charge in [-0.05, 0) is 0 Å². The molecular weight excluding hydrogens is 92.0 g/mol. The molecule has 20 valence electrons. The summed E-state index contributed by atoms with van der Waals surface area (Å²) in [6.45, 7) is 0. The van der Waals surface area contributed by atoms with Gasteiger partial charge in [-0.1, -0.05) is 0 Å². The van der Waals surface area contributed by atoms with Crippen LogP contribution in [0.15, 0.2) is 5.34 Å². The van der Waals surface area contributed by atoms with Crippen molar-refractivity contribution in [1.29, 1.82) is 0 Å². The van der Waals surface area contributed by atoms with E-state index >= 15 is 0 Å². The first-order valence-corrected chi connectivity index (χ1v) is 0.365. The van der Waals surface area contributed by atoms with Gasteiger partial charge in [-0.3, -0.25) is 0 Å². The second-order valence-corrected chi connectivity index (χ2v) is 0.0745. The van der Waals surface area contributed by atoms with Crippen molar-refractivity contribution in [2.45, 2.75) is 0 Å². The Morgan fingerprint density at radius 1 is 1.60 bits per heavy atom. The van der Waals surface area contributed by atoms with Gasteiger partial charge >= 0.3 is 59.1 Å². The van der Waals surface area contributed by atoms with E-state index < -0.39 is 0 Å². The molecule has 3 nitrogen and oxygen atoms in total. The van der Waals surface area contributed by atoms with Crippen LogP contribution in [0.3, 0.4) is 0 Å². The molecule has 5 heteroatoms. The Balaban J connectivity index is -0.0000000200. The van der Waals surface area contributed by atoms with Crippen molar-refractivity contribution in [3.05, 3.63) is 10.1 Å². The minimum atomic E-state index is 0. The molecule has 0 aliphatic heterocycles. The van der Waals surface area contributed by atoms with Gasteiger partial charge in [0.1, 0.15) is 0 Å². The molecule has 0 saturated heterocycles. The average Bonchev–Trinajstić information content (AvgIpc) is 0.918. The van der Waals surface area contributed by atoms with Crippen molar-refractivity contribution in [3.63, 3.8) is 0 Å². The van der Waals surface area contributed by atoms with Crippen LogP contribution in [-0.2, 0) is 0 Å². The van der Waals surface area contributed by atoms with E-state index in [1.165, 1.54) is 0 Å². The fraction of sp³-hybridized carbons (Fsp3) is 0. The summed E-state index contributed by atoms with van der Waals surface area (Å²) in [4.78, 5) is 8.00. The number of rotatable bonds is 0. The SMILES string of the molecule is O=N[O-].[Na+].[NaH]. The standard InChI is InChI=1S/HNO2.2Na.H/c2-1-3;;;/h(H,2,3);;;/q;;+1;/p-1. The molecule has 0 aliphatic rings. The molecule has 0 saturated carbocycles. The summed E-state index contributed by atoms with van der Waals surface area (Å²) >= 11 is 0. The molecule has 0 aromatic carbocycles. The Morgan fingerprint density at radius 2 is 1.60 bits per heavy atom. The normalized spacial score (nSPS) is 2.40. The first-order valence-electron chi connectivity index (χ1n) is 0.365. The Labute approximate surface area is 73.6 Å². The third-order valence-corrected chi connectivity index (χ3v) is 0. The van der Waals surface area contributed by atoms with Crippen molar-refractivity contribution in [2.75, 3.05) is 0 Å². The van der Waals surface area contributed by atoms with E-state index in [-0.39, 0.29) is 59.1 Å². The zero-order valence-corrected chi connectivity index (χ0v) is 4.26. The average molecular weight is 93.0 g/mol. The van der Waals surface area contributed by atoms with E-state index in [1.807, 2.05) is 0 Å². The molecule has 0 aromatic rings. The second kappa shape index (κ2) is 18.2. The minimum absolute atomic E-state index is 0. The first-order chi connectivity index (χ1) is 1.41. The van der Waals surface area contributed by atoms with Gasteiger partial charge < -0.3 is 10.1 Å². The van der Waals surface area contributed by atoms with Gasteiger partial charge in [-0.25, -0.2) is 0 Å². The summed E-state index contributed by atoms with van der Waals surface area (Å²) in [5.74, 6) is 0. The topological polar surface area (TPSA) is 52.5 Å². The van der Waals surface area contributed by atoms with Crippen LogP contribution in [-0.4, -0.2) is 29.6 Å². The molecule has 0 aromatic heterocycles. The monoisotopic (exact) mass is 93.0 g/mol. The molecule has 0 aliphatic carbocycles. The zero-order valence-electron chi connectivity index (χ0n) is 2.26. The van der Waals surface area contributed by atoms with Crippen LogP contribution < -0.4 is 29.6 Å². The molecule has 0 rings (SSSR count). The predicted molar refractivity (Wildman–Crippen MR) is 16.3 cm³/mol. The molecule has 5 heavy (non-hydrogen) atoms. The van der Waals surface area contributed by atoms with E-state index in [1.54, 1.807) is 0 Å². The maximum atomic E-state index is 8.00. The summed E-state index contributed by atoms with van der Waals surface area (Å²) in [6, 6.07) is 0. The van der Waals surface area contributed by atoms with Crippen LogP contribution in [0.4, 0.5) is 0 Å². The Hall–Kier alpha value is 1.40. The number of nitrogens with zero attached hydrogens (tertiary/aromatic N) is 1. The zero-order chi connectivity index (χ0) is 2.71. The maximum absolute atomic E-state index is 8.00. The number of hydrogen-bond donors (Lipinski definition) is 0. The molecule has 0 radical (unpaired) electrons. The third-order valence-electron chi connectivity index (χ3n) is 0. The predicted octanol–water partition coefficient (Wildman–Crippen LogP) is -3.39. The van der Waals surface area contributed by atoms with Gasteiger partial charge in [0.05, 0.1) is 0 Å².